The summed E-state index contributed by atoms with van der Waals surface area (Å²) in [5.74, 6) is 1.69. The first kappa shape index (κ1) is 55.3. The summed E-state index contributed by atoms with van der Waals surface area (Å²) in [6.45, 7) is 16.7. The summed E-state index contributed by atoms with van der Waals surface area (Å²) in [5.41, 5.74) is 27.7. The van der Waals surface area contributed by atoms with E-state index in [-0.39, 0.29) is 0 Å². The summed E-state index contributed by atoms with van der Waals surface area (Å²) in [5, 5.41) is 4.61. The highest BCUT2D eigenvalue weighted by Crippen LogP contribution is 2.46. The van der Waals surface area contributed by atoms with E-state index in [1.54, 1.807) is 0 Å². The van der Waals surface area contributed by atoms with Crippen LogP contribution in [-0.2, 0) is 0 Å². The molecule has 16 aromatic rings. The first-order valence-electron chi connectivity index (χ1n) is 31.3. The van der Waals surface area contributed by atoms with E-state index in [0.29, 0.717) is 23.2 Å². The maximum absolute atomic E-state index is 7.90. The highest BCUT2D eigenvalue weighted by atomic mass is 15.0. The van der Waals surface area contributed by atoms with Crippen molar-refractivity contribution in [3.05, 3.63) is 325 Å². The molecule has 3 aromatic heterocycles. The molecule has 0 N–H and O–H groups in total. The van der Waals surface area contributed by atoms with Crippen LogP contribution in [0.4, 0.5) is 5.69 Å². The van der Waals surface area contributed by atoms with E-state index in [4.69, 9.17) is 21.5 Å². The van der Waals surface area contributed by atoms with E-state index in [1.807, 2.05) is 48.5 Å². The largest absolute Gasteiger partial charge is 0.309 e. The molecule has 16 rings (SSSR count). The zero-order chi connectivity index (χ0) is 62.0. The Kier molecular flexibility index (Phi) is 13.7. The van der Waals surface area contributed by atoms with Gasteiger partial charge in [0.2, 0.25) is 0 Å². The Bertz CT molecular complexity index is 5370. The van der Waals surface area contributed by atoms with Gasteiger partial charge in [-0.2, -0.15) is 0 Å². The number of nitrogens with zero attached hydrogens (tertiary/aromatic N) is 6. The number of fused-ring (bicyclic) bond motifs is 6. The van der Waals surface area contributed by atoms with Gasteiger partial charge in [0.1, 0.15) is 0 Å². The van der Waals surface area contributed by atoms with Gasteiger partial charge in [0.15, 0.2) is 23.2 Å². The van der Waals surface area contributed by atoms with Crippen molar-refractivity contribution in [1.82, 2.24) is 24.1 Å². The molecule has 0 aliphatic rings. The molecule has 0 atom stereocenters. The van der Waals surface area contributed by atoms with E-state index in [9.17, 15) is 0 Å². The Labute approximate surface area is 535 Å². The first-order valence-corrected chi connectivity index (χ1v) is 31.3. The molecule has 0 aliphatic heterocycles. The highest BCUT2D eigenvalue weighted by molar-refractivity contribution is 6.14. The highest BCUT2D eigenvalue weighted by Gasteiger charge is 2.25. The summed E-state index contributed by atoms with van der Waals surface area (Å²) >= 11 is 0. The molecule has 3 heterocycles. The van der Waals surface area contributed by atoms with Gasteiger partial charge in [0, 0.05) is 49.5 Å². The molecule has 13 aromatic carbocycles. The van der Waals surface area contributed by atoms with Gasteiger partial charge in [0.05, 0.1) is 34.3 Å². The number of aryl methyl sites for hydroxylation is 4. The minimum Gasteiger partial charge on any atom is -0.309 e. The lowest BCUT2D eigenvalue weighted by atomic mass is 9.92. The van der Waals surface area contributed by atoms with Crippen molar-refractivity contribution in [2.24, 2.45) is 0 Å². The van der Waals surface area contributed by atoms with Crippen LogP contribution in [0.15, 0.2) is 291 Å². The standard InChI is InChI=1S/C86H60N6/c1-54-20-12-16-28-68(54)62-35-44-79-75(49-62)76-50-63(69-29-17-13-21-55(69)2)36-45-80(76)91(79)67-41-42-72(86-89-84(59-24-8-6-9-25-59)88-85(90-86)60-26-10-7-11-27-60)73(53-67)74-48-61(58-32-39-66(87-5)40-33-58)34-43-81(74)92-82-46-37-64(70-30-18-14-22-56(70)3)51-77(82)78-52-65(38-47-83(78)92)71-31-19-15-23-57(71)4/h6-53H,1-4H3. The van der Waals surface area contributed by atoms with Crippen molar-refractivity contribution in [2.45, 2.75) is 27.7 Å². The maximum atomic E-state index is 7.90. The zero-order valence-corrected chi connectivity index (χ0v) is 51.4. The molecular weight excluding hydrogens is 1120 g/mol. The number of rotatable bonds is 11. The van der Waals surface area contributed by atoms with Crippen molar-refractivity contribution in [2.75, 3.05) is 0 Å². The van der Waals surface area contributed by atoms with E-state index < -0.39 is 0 Å². The summed E-state index contributed by atoms with van der Waals surface area (Å²) in [6, 6.07) is 104. The van der Waals surface area contributed by atoms with Crippen molar-refractivity contribution in [1.29, 1.82) is 0 Å². The molecule has 0 fully saturated rings. The van der Waals surface area contributed by atoms with Crippen molar-refractivity contribution >= 4 is 49.3 Å². The van der Waals surface area contributed by atoms with Gasteiger partial charge in [-0.15, -0.1) is 0 Å². The lowest BCUT2D eigenvalue weighted by Gasteiger charge is -2.20. The minimum absolute atomic E-state index is 0.540. The predicted molar refractivity (Wildman–Crippen MR) is 383 cm³/mol. The molecule has 0 spiro atoms. The maximum Gasteiger partial charge on any atom is 0.187 e. The fraction of sp³-hybridized carbons (Fsp3) is 0.0465. The van der Waals surface area contributed by atoms with Crippen molar-refractivity contribution in [3.8, 4) is 112 Å². The molecule has 0 aliphatic carbocycles. The lowest BCUT2D eigenvalue weighted by molar-refractivity contribution is 1.07. The first-order chi connectivity index (χ1) is 45.2. The van der Waals surface area contributed by atoms with Crippen LogP contribution in [0.1, 0.15) is 22.3 Å². The minimum atomic E-state index is 0.540. The third kappa shape index (κ3) is 9.72. The molecule has 0 bridgehead atoms. The molecule has 0 saturated carbocycles. The molecule has 92 heavy (non-hydrogen) atoms. The molecule has 434 valence electrons. The van der Waals surface area contributed by atoms with Gasteiger partial charge >= 0.3 is 0 Å². The second kappa shape index (κ2) is 22.8. The average Bonchev–Trinajstić information content (AvgIpc) is 1.56. The molecule has 6 nitrogen and oxygen atoms in total. The smallest absolute Gasteiger partial charge is 0.187 e. The summed E-state index contributed by atoms with van der Waals surface area (Å²) < 4.78 is 4.90. The van der Waals surface area contributed by atoms with Gasteiger partial charge in [-0.1, -0.05) is 212 Å². The van der Waals surface area contributed by atoms with Crippen molar-refractivity contribution < 1.29 is 0 Å². The molecule has 0 amide bonds. The van der Waals surface area contributed by atoms with Gasteiger partial charge in [-0.25, -0.2) is 19.8 Å². The van der Waals surface area contributed by atoms with E-state index in [1.165, 1.54) is 55.6 Å². The fourth-order valence-corrected chi connectivity index (χ4v) is 13.7. The van der Waals surface area contributed by atoms with E-state index in [0.717, 1.165) is 105 Å². The molecule has 0 radical (unpaired) electrons. The van der Waals surface area contributed by atoms with Crippen LogP contribution in [0, 0.1) is 34.3 Å². The number of benzene rings is 13. The van der Waals surface area contributed by atoms with Crippen LogP contribution in [0.25, 0.3) is 161 Å². The SMILES string of the molecule is [C-]#[N+]c1ccc(-c2ccc(-n3c4ccc(-c5ccccc5C)cc4c4cc(-c5ccccc5C)ccc43)c(-c3cc(-n4c5ccc(-c6ccccc6C)cc5c5cc(-c6ccccc6C)ccc54)ccc3-c3nc(-c4ccccc4)nc(-c4ccccc4)n3)c2)cc1. The van der Waals surface area contributed by atoms with Crippen LogP contribution in [0.5, 0.6) is 0 Å². The Hall–Kier alpha value is -12.0. The van der Waals surface area contributed by atoms with Gasteiger partial charge < -0.3 is 9.13 Å². The lowest BCUT2D eigenvalue weighted by Crippen LogP contribution is -2.04. The monoisotopic (exact) mass is 1180 g/mol. The van der Waals surface area contributed by atoms with Crippen LogP contribution >= 0.6 is 0 Å². The van der Waals surface area contributed by atoms with Crippen LogP contribution in [0.3, 0.4) is 0 Å². The van der Waals surface area contributed by atoms with Gasteiger partial charge in [-0.05, 0) is 190 Å². The Morgan fingerprint density at radius 2 is 0.630 bits per heavy atom. The van der Waals surface area contributed by atoms with Gasteiger partial charge in [0.25, 0.3) is 0 Å². The van der Waals surface area contributed by atoms with Crippen LogP contribution in [-0.4, -0.2) is 24.1 Å². The predicted octanol–water partition coefficient (Wildman–Crippen LogP) is 22.9. The average molecular weight is 1180 g/mol. The third-order valence-electron chi connectivity index (χ3n) is 18.4. The Morgan fingerprint density at radius 3 is 1.04 bits per heavy atom. The topological polar surface area (TPSA) is 52.9 Å². The molecule has 0 unspecified atom stereocenters. The number of aromatic nitrogens is 5. The Morgan fingerprint density at radius 1 is 0.261 bits per heavy atom. The molecule has 6 heteroatoms. The fourth-order valence-electron chi connectivity index (χ4n) is 13.7. The van der Waals surface area contributed by atoms with E-state index in [2.05, 4.69) is 284 Å². The third-order valence-corrected chi connectivity index (χ3v) is 18.4. The second-order valence-electron chi connectivity index (χ2n) is 24.0. The van der Waals surface area contributed by atoms with Crippen molar-refractivity contribution in [3.63, 3.8) is 0 Å². The molecular formula is C86H60N6. The molecule has 0 saturated heterocycles. The summed E-state index contributed by atoms with van der Waals surface area (Å²) in [4.78, 5) is 20.0. The van der Waals surface area contributed by atoms with Crippen LogP contribution in [0.2, 0.25) is 0 Å². The Balaban J connectivity index is 1.02. The number of hydrogen-bond acceptors (Lipinski definition) is 3. The number of hydrogen-bond donors (Lipinski definition) is 0. The van der Waals surface area contributed by atoms with E-state index >= 15 is 0 Å². The zero-order valence-electron chi connectivity index (χ0n) is 51.4. The summed E-state index contributed by atoms with van der Waals surface area (Å²) in [6.07, 6.45) is 0. The summed E-state index contributed by atoms with van der Waals surface area (Å²) in [7, 11) is 0. The van der Waals surface area contributed by atoms with Crippen LogP contribution < -0.4 is 0 Å². The van der Waals surface area contributed by atoms with Gasteiger partial charge in [-0.3, -0.25) is 0 Å². The quantitative estimate of drug-likeness (QED) is 0.121. The second-order valence-corrected chi connectivity index (χ2v) is 24.0. The normalized spacial score (nSPS) is 11.5.